The quantitative estimate of drug-likeness (QED) is 0.307. The van der Waals surface area contributed by atoms with Crippen molar-refractivity contribution in [1.82, 2.24) is 0 Å². The number of rotatable bonds is 8. The van der Waals surface area contributed by atoms with Crippen molar-refractivity contribution in [2.45, 2.75) is 47.0 Å². The van der Waals surface area contributed by atoms with E-state index in [9.17, 15) is 0 Å². The van der Waals surface area contributed by atoms with Gasteiger partial charge in [0.1, 0.15) is 0 Å². The normalized spacial score (nSPS) is 13.2. The summed E-state index contributed by atoms with van der Waals surface area (Å²) in [5.41, 5.74) is 3.74. The molecule has 0 radical (unpaired) electrons. The molecule has 0 saturated carbocycles. The van der Waals surface area contributed by atoms with Crippen LogP contribution in [0, 0.1) is 5.92 Å². The molecule has 0 N–H and O–H groups in total. The van der Waals surface area contributed by atoms with E-state index in [1.54, 1.807) is 6.26 Å². The third kappa shape index (κ3) is 8.19. The third-order valence-corrected chi connectivity index (χ3v) is 3.38. The van der Waals surface area contributed by atoms with E-state index in [1.807, 2.05) is 24.5 Å². The lowest BCUT2D eigenvalue weighted by atomic mass is 10.0. The van der Waals surface area contributed by atoms with Gasteiger partial charge >= 0.3 is 0 Å². The topological polar surface area (TPSA) is 9.23 Å². The Balaban J connectivity index is 2.29. The van der Waals surface area contributed by atoms with Crippen molar-refractivity contribution in [3.05, 3.63) is 66.1 Å². The zero-order valence-corrected chi connectivity index (χ0v) is 13.8. The van der Waals surface area contributed by atoms with E-state index in [0.29, 0.717) is 5.92 Å². The summed E-state index contributed by atoms with van der Waals surface area (Å²) in [7, 11) is 0. The monoisotopic (exact) mass is 284 g/mol. The van der Waals surface area contributed by atoms with Crippen LogP contribution in [0.5, 0.6) is 0 Å². The molecule has 1 unspecified atom stereocenters. The van der Waals surface area contributed by atoms with E-state index in [4.69, 9.17) is 4.74 Å². The van der Waals surface area contributed by atoms with Gasteiger partial charge in [-0.25, -0.2) is 0 Å². The second-order valence-electron chi connectivity index (χ2n) is 5.82. The lowest BCUT2D eigenvalue weighted by Crippen LogP contribution is -1.89. The van der Waals surface area contributed by atoms with Crippen molar-refractivity contribution in [3.63, 3.8) is 0 Å². The van der Waals surface area contributed by atoms with E-state index in [2.05, 4.69) is 52.0 Å². The van der Waals surface area contributed by atoms with Crippen LogP contribution in [0.3, 0.4) is 0 Å². The van der Waals surface area contributed by atoms with Crippen LogP contribution in [0.15, 0.2) is 60.6 Å². The van der Waals surface area contributed by atoms with Gasteiger partial charge in [-0.3, -0.25) is 0 Å². The lowest BCUT2D eigenvalue weighted by Gasteiger charge is -2.04. The van der Waals surface area contributed by atoms with Gasteiger partial charge in [-0.15, -0.1) is 0 Å². The zero-order chi connectivity index (χ0) is 15.5. The first-order chi connectivity index (χ1) is 10.1. The molecule has 1 aromatic carbocycles. The summed E-state index contributed by atoms with van der Waals surface area (Å²) in [6.45, 7) is 8.60. The first-order valence-electron chi connectivity index (χ1n) is 7.77. The first kappa shape index (κ1) is 17.3. The van der Waals surface area contributed by atoms with Crippen LogP contribution in [0.4, 0.5) is 0 Å². The summed E-state index contributed by atoms with van der Waals surface area (Å²) in [5.74, 6) is 0.556. The molecule has 0 aliphatic heterocycles. The Kier molecular flexibility index (Phi) is 8.27. The smallest absolute Gasteiger partial charge is 0.0936 e. The minimum Gasteiger partial charge on any atom is -0.473 e. The van der Waals surface area contributed by atoms with E-state index in [1.165, 1.54) is 30.4 Å². The predicted octanol–water partition coefficient (Wildman–Crippen LogP) is 6.35. The summed E-state index contributed by atoms with van der Waals surface area (Å²) in [4.78, 5) is 0. The lowest BCUT2D eigenvalue weighted by molar-refractivity contribution is 0.397. The van der Waals surface area contributed by atoms with Gasteiger partial charge in [0.15, 0.2) is 0 Å². The van der Waals surface area contributed by atoms with Gasteiger partial charge in [-0.05, 0) is 63.2 Å². The minimum absolute atomic E-state index is 0.556. The summed E-state index contributed by atoms with van der Waals surface area (Å²) >= 11 is 0. The highest BCUT2D eigenvalue weighted by atomic mass is 16.5. The summed E-state index contributed by atoms with van der Waals surface area (Å²) in [6, 6.07) is 10.3. The molecule has 114 valence electrons. The molecule has 1 aromatic rings. The van der Waals surface area contributed by atoms with E-state index in [-0.39, 0.29) is 0 Å². The van der Waals surface area contributed by atoms with E-state index >= 15 is 0 Å². The molecule has 0 heterocycles. The first-order valence-corrected chi connectivity index (χ1v) is 7.77. The highest BCUT2D eigenvalue weighted by Crippen LogP contribution is 2.14. The average molecular weight is 284 g/mol. The molecule has 1 heteroatoms. The fourth-order valence-electron chi connectivity index (χ4n) is 2.02. The Hall–Kier alpha value is -1.76. The average Bonchev–Trinajstić information content (AvgIpc) is 2.48. The summed E-state index contributed by atoms with van der Waals surface area (Å²) in [6.07, 6.45) is 11.7. The molecule has 0 fully saturated rings. The van der Waals surface area contributed by atoms with Gasteiger partial charge in [0.25, 0.3) is 0 Å². The van der Waals surface area contributed by atoms with E-state index in [0.717, 1.165) is 5.57 Å². The SMILES string of the molecule is CC(C)=CCCCC(C)/C=C\O/C=C(\C)c1ccccc1. The van der Waals surface area contributed by atoms with Crippen LogP contribution in [0.1, 0.15) is 52.5 Å². The van der Waals surface area contributed by atoms with E-state index < -0.39 is 0 Å². The Labute approximate surface area is 130 Å². The third-order valence-electron chi connectivity index (χ3n) is 3.38. The molecule has 0 bridgehead atoms. The predicted molar refractivity (Wildman–Crippen MR) is 92.8 cm³/mol. The van der Waals surface area contributed by atoms with Crippen molar-refractivity contribution in [2.24, 2.45) is 5.92 Å². The molecular formula is C20H28O. The fourth-order valence-corrected chi connectivity index (χ4v) is 2.02. The van der Waals surface area contributed by atoms with Gasteiger partial charge < -0.3 is 4.74 Å². The number of hydrogen-bond donors (Lipinski definition) is 0. The van der Waals surface area contributed by atoms with Gasteiger partial charge in [0, 0.05) is 0 Å². The number of allylic oxidation sites excluding steroid dienone is 4. The van der Waals surface area contributed by atoms with Crippen molar-refractivity contribution < 1.29 is 4.74 Å². The molecule has 0 aliphatic rings. The second-order valence-corrected chi connectivity index (χ2v) is 5.82. The Morgan fingerprint density at radius 2 is 1.86 bits per heavy atom. The minimum atomic E-state index is 0.556. The van der Waals surface area contributed by atoms with Crippen LogP contribution in [0.2, 0.25) is 0 Å². The fraction of sp³-hybridized carbons (Fsp3) is 0.400. The van der Waals surface area contributed by atoms with Gasteiger partial charge in [0.05, 0.1) is 12.5 Å². The Morgan fingerprint density at radius 3 is 2.52 bits per heavy atom. The molecule has 1 nitrogen and oxygen atoms in total. The molecule has 0 amide bonds. The van der Waals surface area contributed by atoms with Crippen LogP contribution < -0.4 is 0 Å². The number of ether oxygens (including phenoxy) is 1. The van der Waals surface area contributed by atoms with Crippen molar-refractivity contribution in [2.75, 3.05) is 0 Å². The molecule has 0 saturated heterocycles. The molecule has 0 aliphatic carbocycles. The molecule has 21 heavy (non-hydrogen) atoms. The summed E-state index contributed by atoms with van der Waals surface area (Å²) < 4.78 is 5.51. The van der Waals surface area contributed by atoms with Gasteiger partial charge in [0.2, 0.25) is 0 Å². The maximum atomic E-state index is 5.51. The summed E-state index contributed by atoms with van der Waals surface area (Å²) in [5, 5.41) is 0. The van der Waals surface area contributed by atoms with Crippen molar-refractivity contribution in [3.8, 4) is 0 Å². The molecule has 0 spiro atoms. The van der Waals surface area contributed by atoms with Crippen LogP contribution in [-0.2, 0) is 4.74 Å². The van der Waals surface area contributed by atoms with Crippen molar-refractivity contribution in [1.29, 1.82) is 0 Å². The molecule has 1 rings (SSSR count). The highest BCUT2D eigenvalue weighted by Gasteiger charge is 1.96. The van der Waals surface area contributed by atoms with Crippen LogP contribution in [0.25, 0.3) is 5.57 Å². The number of unbranched alkanes of at least 4 members (excludes halogenated alkanes) is 1. The van der Waals surface area contributed by atoms with Crippen LogP contribution in [-0.4, -0.2) is 0 Å². The maximum Gasteiger partial charge on any atom is 0.0936 e. The number of benzene rings is 1. The standard InChI is InChI=1S/C20H28O/c1-17(2)10-8-9-11-18(3)14-15-21-16-19(4)20-12-6-5-7-13-20/h5-7,10,12-16,18H,8-9,11H2,1-4H3/b15-14-,19-16+. The van der Waals surface area contributed by atoms with Crippen molar-refractivity contribution >= 4 is 5.57 Å². The van der Waals surface area contributed by atoms with Gasteiger partial charge in [-0.1, -0.05) is 48.9 Å². The molecular weight excluding hydrogens is 256 g/mol. The maximum absolute atomic E-state index is 5.51. The Morgan fingerprint density at radius 1 is 1.14 bits per heavy atom. The second kappa shape index (κ2) is 10.0. The Bertz CT molecular complexity index is 476. The highest BCUT2D eigenvalue weighted by molar-refractivity contribution is 5.62. The van der Waals surface area contributed by atoms with Crippen LogP contribution >= 0.6 is 0 Å². The molecule has 1 atom stereocenters. The largest absolute Gasteiger partial charge is 0.473 e. The molecule has 0 aromatic heterocycles. The number of hydrogen-bond acceptors (Lipinski definition) is 1. The zero-order valence-electron chi connectivity index (χ0n) is 13.8. The van der Waals surface area contributed by atoms with Gasteiger partial charge in [-0.2, -0.15) is 0 Å².